The lowest BCUT2D eigenvalue weighted by Gasteiger charge is -2.05. The van der Waals surface area contributed by atoms with Crippen molar-refractivity contribution in [1.82, 2.24) is 10.2 Å². The van der Waals surface area contributed by atoms with Gasteiger partial charge in [0.1, 0.15) is 11.4 Å². The summed E-state index contributed by atoms with van der Waals surface area (Å²) in [7, 11) is 0. The number of aromatic nitrogens is 2. The van der Waals surface area contributed by atoms with Crippen LogP contribution in [0.15, 0.2) is 42.5 Å². The van der Waals surface area contributed by atoms with E-state index in [0.29, 0.717) is 6.61 Å². The number of nitrogens with zero attached hydrogens (tertiary/aromatic N) is 1. The van der Waals surface area contributed by atoms with Crippen LogP contribution in [-0.2, 0) is 4.79 Å². The number of ether oxygens (including phenoxy) is 1. The van der Waals surface area contributed by atoms with E-state index in [-0.39, 0.29) is 5.91 Å². The van der Waals surface area contributed by atoms with Crippen LogP contribution in [0, 0.1) is 0 Å². The zero-order chi connectivity index (χ0) is 15.5. The van der Waals surface area contributed by atoms with E-state index >= 15 is 0 Å². The number of carbonyl (C=O) groups is 1. The van der Waals surface area contributed by atoms with Crippen LogP contribution in [0.5, 0.6) is 5.75 Å². The summed E-state index contributed by atoms with van der Waals surface area (Å²) in [5.74, 6) is 0.742. The standard InChI is InChI=1S/C17H17N3O2/c1-3-22-14-8-9-16-15(10-14)17(20-19-16)12-4-6-13(7-5-12)18-11(2)21/h4-10H,3H2,1-2H3,(H,18,21)(H,19,20). The van der Waals surface area contributed by atoms with Crippen LogP contribution in [0.4, 0.5) is 5.69 Å². The number of fused-ring (bicyclic) bond motifs is 1. The fourth-order valence-electron chi connectivity index (χ4n) is 2.38. The zero-order valence-corrected chi connectivity index (χ0v) is 12.5. The number of aromatic amines is 1. The van der Waals surface area contributed by atoms with Crippen LogP contribution in [0.2, 0.25) is 0 Å². The molecule has 1 heterocycles. The molecule has 5 heteroatoms. The van der Waals surface area contributed by atoms with Gasteiger partial charge in [0.25, 0.3) is 0 Å². The molecule has 0 saturated carbocycles. The summed E-state index contributed by atoms with van der Waals surface area (Å²) in [6.07, 6.45) is 0. The van der Waals surface area contributed by atoms with Gasteiger partial charge < -0.3 is 10.1 Å². The highest BCUT2D eigenvalue weighted by molar-refractivity contribution is 5.94. The number of rotatable bonds is 4. The molecule has 0 bridgehead atoms. The first-order valence-electron chi connectivity index (χ1n) is 7.16. The van der Waals surface area contributed by atoms with E-state index < -0.39 is 0 Å². The van der Waals surface area contributed by atoms with Gasteiger partial charge in [0.15, 0.2) is 0 Å². The molecule has 0 saturated heterocycles. The molecule has 0 radical (unpaired) electrons. The normalized spacial score (nSPS) is 10.6. The number of carbonyl (C=O) groups excluding carboxylic acids is 1. The summed E-state index contributed by atoms with van der Waals surface area (Å²) in [6.45, 7) is 4.08. The van der Waals surface area contributed by atoms with Crippen LogP contribution < -0.4 is 10.1 Å². The van der Waals surface area contributed by atoms with Gasteiger partial charge in [0, 0.05) is 23.6 Å². The number of hydrogen-bond acceptors (Lipinski definition) is 3. The summed E-state index contributed by atoms with van der Waals surface area (Å²) < 4.78 is 5.55. The topological polar surface area (TPSA) is 67.0 Å². The molecular weight excluding hydrogens is 278 g/mol. The summed E-state index contributed by atoms with van der Waals surface area (Å²) in [6, 6.07) is 13.5. The minimum Gasteiger partial charge on any atom is -0.494 e. The van der Waals surface area contributed by atoms with Crippen LogP contribution in [-0.4, -0.2) is 22.7 Å². The maximum atomic E-state index is 11.1. The van der Waals surface area contributed by atoms with E-state index in [0.717, 1.165) is 33.6 Å². The predicted octanol–water partition coefficient (Wildman–Crippen LogP) is 3.59. The molecule has 0 aliphatic rings. The SMILES string of the molecule is CCOc1ccc2[nH]nc(-c3ccc(NC(C)=O)cc3)c2c1. The second-order valence-corrected chi connectivity index (χ2v) is 4.97. The molecule has 22 heavy (non-hydrogen) atoms. The predicted molar refractivity (Wildman–Crippen MR) is 87.0 cm³/mol. The summed E-state index contributed by atoms with van der Waals surface area (Å²) in [4.78, 5) is 11.1. The lowest BCUT2D eigenvalue weighted by atomic mass is 10.1. The van der Waals surface area contributed by atoms with Crippen LogP contribution >= 0.6 is 0 Å². The smallest absolute Gasteiger partial charge is 0.221 e. The number of anilines is 1. The Hall–Kier alpha value is -2.82. The number of H-pyrrole nitrogens is 1. The quantitative estimate of drug-likeness (QED) is 0.773. The second kappa shape index (κ2) is 5.89. The highest BCUT2D eigenvalue weighted by Crippen LogP contribution is 2.29. The Morgan fingerprint density at radius 3 is 2.68 bits per heavy atom. The molecule has 0 aliphatic heterocycles. The fourth-order valence-corrected chi connectivity index (χ4v) is 2.38. The van der Waals surface area contributed by atoms with E-state index in [4.69, 9.17) is 4.74 Å². The van der Waals surface area contributed by atoms with Gasteiger partial charge in [-0.1, -0.05) is 12.1 Å². The van der Waals surface area contributed by atoms with Crippen molar-refractivity contribution in [3.05, 3.63) is 42.5 Å². The summed E-state index contributed by atoms with van der Waals surface area (Å²) in [5.41, 5.74) is 3.58. The van der Waals surface area contributed by atoms with E-state index in [1.54, 1.807) is 0 Å². The van der Waals surface area contributed by atoms with Crippen molar-refractivity contribution >= 4 is 22.5 Å². The van der Waals surface area contributed by atoms with Crippen molar-refractivity contribution in [3.63, 3.8) is 0 Å². The van der Waals surface area contributed by atoms with Gasteiger partial charge in [-0.15, -0.1) is 0 Å². The zero-order valence-electron chi connectivity index (χ0n) is 12.5. The Labute approximate surface area is 128 Å². The van der Waals surface area contributed by atoms with Crippen LogP contribution in [0.3, 0.4) is 0 Å². The van der Waals surface area contributed by atoms with Gasteiger partial charge in [-0.05, 0) is 37.3 Å². The first-order valence-corrected chi connectivity index (χ1v) is 7.16. The van der Waals surface area contributed by atoms with E-state index in [1.807, 2.05) is 49.4 Å². The molecule has 3 rings (SSSR count). The van der Waals surface area contributed by atoms with Gasteiger partial charge in [-0.2, -0.15) is 5.10 Å². The van der Waals surface area contributed by atoms with Crippen LogP contribution in [0.1, 0.15) is 13.8 Å². The Bertz CT molecular complexity index is 806. The van der Waals surface area contributed by atoms with E-state index in [1.165, 1.54) is 6.92 Å². The number of amides is 1. The average molecular weight is 295 g/mol. The van der Waals surface area contributed by atoms with Crippen molar-refractivity contribution in [1.29, 1.82) is 0 Å². The molecule has 112 valence electrons. The summed E-state index contributed by atoms with van der Waals surface area (Å²) >= 11 is 0. The Kier molecular flexibility index (Phi) is 3.78. The first-order chi connectivity index (χ1) is 10.7. The first kappa shape index (κ1) is 14.1. The van der Waals surface area contributed by atoms with Gasteiger partial charge in [-0.25, -0.2) is 0 Å². The van der Waals surface area contributed by atoms with Crippen molar-refractivity contribution < 1.29 is 9.53 Å². The molecular formula is C17H17N3O2. The summed E-state index contributed by atoms with van der Waals surface area (Å²) in [5, 5.41) is 11.2. The van der Waals surface area contributed by atoms with Crippen LogP contribution in [0.25, 0.3) is 22.2 Å². The number of nitrogens with one attached hydrogen (secondary N) is 2. The highest BCUT2D eigenvalue weighted by Gasteiger charge is 2.09. The molecule has 5 nitrogen and oxygen atoms in total. The van der Waals surface area contributed by atoms with Crippen molar-refractivity contribution in [2.45, 2.75) is 13.8 Å². The van der Waals surface area contributed by atoms with Gasteiger partial charge in [0.2, 0.25) is 5.91 Å². The van der Waals surface area contributed by atoms with Crippen molar-refractivity contribution in [3.8, 4) is 17.0 Å². The van der Waals surface area contributed by atoms with E-state index in [9.17, 15) is 4.79 Å². The third-order valence-electron chi connectivity index (χ3n) is 3.32. The van der Waals surface area contributed by atoms with Gasteiger partial charge >= 0.3 is 0 Å². The van der Waals surface area contributed by atoms with Gasteiger partial charge in [-0.3, -0.25) is 9.89 Å². The lowest BCUT2D eigenvalue weighted by Crippen LogP contribution is -2.05. The molecule has 0 fully saturated rings. The average Bonchev–Trinajstić information content (AvgIpc) is 2.91. The third kappa shape index (κ3) is 2.79. The second-order valence-electron chi connectivity index (χ2n) is 4.97. The maximum absolute atomic E-state index is 11.1. The number of hydrogen-bond donors (Lipinski definition) is 2. The molecule has 0 unspecified atom stereocenters. The Morgan fingerprint density at radius 1 is 1.23 bits per heavy atom. The molecule has 1 aromatic heterocycles. The highest BCUT2D eigenvalue weighted by atomic mass is 16.5. The maximum Gasteiger partial charge on any atom is 0.221 e. The molecule has 0 atom stereocenters. The largest absolute Gasteiger partial charge is 0.494 e. The minimum atomic E-state index is -0.0840. The molecule has 3 aromatic rings. The molecule has 2 N–H and O–H groups in total. The lowest BCUT2D eigenvalue weighted by molar-refractivity contribution is -0.114. The molecule has 2 aromatic carbocycles. The third-order valence-corrected chi connectivity index (χ3v) is 3.32. The minimum absolute atomic E-state index is 0.0840. The van der Waals surface area contributed by atoms with Crippen molar-refractivity contribution in [2.75, 3.05) is 11.9 Å². The Morgan fingerprint density at radius 2 is 2.00 bits per heavy atom. The fraction of sp³-hybridized carbons (Fsp3) is 0.176. The monoisotopic (exact) mass is 295 g/mol. The molecule has 0 aliphatic carbocycles. The Balaban J connectivity index is 1.98. The number of benzene rings is 2. The van der Waals surface area contributed by atoms with Gasteiger partial charge in [0.05, 0.1) is 12.1 Å². The molecule has 1 amide bonds. The molecule has 0 spiro atoms. The van der Waals surface area contributed by atoms with Crippen molar-refractivity contribution in [2.24, 2.45) is 0 Å². The van der Waals surface area contributed by atoms with E-state index in [2.05, 4.69) is 15.5 Å².